The summed E-state index contributed by atoms with van der Waals surface area (Å²) in [6.07, 6.45) is -0.875. The molecule has 3 nitrogen and oxygen atoms in total. The van der Waals surface area contributed by atoms with Crippen LogP contribution >= 0.6 is 0 Å². The van der Waals surface area contributed by atoms with Gasteiger partial charge in [0, 0.05) is 12.1 Å². The van der Waals surface area contributed by atoms with Gasteiger partial charge in [0.25, 0.3) is 0 Å². The average molecular weight is 199 g/mol. The van der Waals surface area contributed by atoms with Crippen LogP contribution in [0.5, 0.6) is 5.75 Å². The minimum atomic E-state index is -0.875. The van der Waals surface area contributed by atoms with E-state index in [9.17, 15) is 9.50 Å². The Bertz CT molecular complexity index is 315. The van der Waals surface area contributed by atoms with E-state index in [0.29, 0.717) is 11.3 Å². The van der Waals surface area contributed by atoms with Crippen molar-refractivity contribution in [3.05, 3.63) is 29.6 Å². The number of nitrogens with two attached hydrogens (primary N) is 1. The molecule has 1 aromatic carbocycles. The highest BCUT2D eigenvalue weighted by Crippen LogP contribution is 2.22. The normalized spacial score (nSPS) is 14.9. The van der Waals surface area contributed by atoms with Crippen molar-refractivity contribution in [1.82, 2.24) is 0 Å². The number of ether oxygens (including phenoxy) is 1. The molecule has 1 aromatic rings. The summed E-state index contributed by atoms with van der Waals surface area (Å²) in [6, 6.07) is 3.62. The van der Waals surface area contributed by atoms with Gasteiger partial charge in [0.2, 0.25) is 0 Å². The number of aliphatic hydroxyl groups is 1. The number of hydrogen-bond acceptors (Lipinski definition) is 3. The van der Waals surface area contributed by atoms with E-state index in [2.05, 4.69) is 0 Å². The Morgan fingerprint density at radius 2 is 2.07 bits per heavy atom. The zero-order valence-electron chi connectivity index (χ0n) is 8.20. The zero-order chi connectivity index (χ0) is 10.7. The lowest BCUT2D eigenvalue weighted by Crippen LogP contribution is -2.24. The maximum absolute atomic E-state index is 13.0. The van der Waals surface area contributed by atoms with Gasteiger partial charge in [-0.2, -0.15) is 0 Å². The number of methoxy groups -OCH3 is 1. The van der Waals surface area contributed by atoms with E-state index < -0.39 is 18.0 Å². The first-order valence-electron chi connectivity index (χ1n) is 4.32. The molecule has 0 spiro atoms. The smallest absolute Gasteiger partial charge is 0.127 e. The molecular formula is C10H14FNO2. The van der Waals surface area contributed by atoms with Gasteiger partial charge in [0.1, 0.15) is 11.6 Å². The first-order chi connectivity index (χ1) is 6.54. The minimum Gasteiger partial charge on any atom is -0.497 e. The molecule has 0 aromatic heterocycles. The molecule has 78 valence electrons. The van der Waals surface area contributed by atoms with E-state index in [0.717, 1.165) is 0 Å². The minimum absolute atomic E-state index is 0.375. The van der Waals surface area contributed by atoms with E-state index in [4.69, 9.17) is 10.5 Å². The van der Waals surface area contributed by atoms with Crippen LogP contribution in [0, 0.1) is 5.82 Å². The summed E-state index contributed by atoms with van der Waals surface area (Å²) < 4.78 is 17.9. The molecule has 3 N–H and O–H groups in total. The van der Waals surface area contributed by atoms with Crippen molar-refractivity contribution >= 4 is 0 Å². The van der Waals surface area contributed by atoms with Crippen molar-refractivity contribution in [2.24, 2.45) is 5.73 Å². The van der Waals surface area contributed by atoms with Crippen LogP contribution in [-0.4, -0.2) is 18.3 Å². The summed E-state index contributed by atoms with van der Waals surface area (Å²) >= 11 is 0. The second kappa shape index (κ2) is 4.39. The lowest BCUT2D eigenvalue weighted by Gasteiger charge is -2.15. The van der Waals surface area contributed by atoms with Gasteiger partial charge < -0.3 is 15.6 Å². The molecule has 0 aliphatic carbocycles. The molecule has 0 saturated heterocycles. The molecule has 0 heterocycles. The van der Waals surface area contributed by atoms with Crippen LogP contribution in [0.25, 0.3) is 0 Å². The summed E-state index contributed by atoms with van der Waals surface area (Å²) in [6.45, 7) is 1.65. The molecule has 14 heavy (non-hydrogen) atoms. The van der Waals surface area contributed by atoms with Gasteiger partial charge in [0.05, 0.1) is 13.2 Å². The van der Waals surface area contributed by atoms with Crippen molar-refractivity contribution in [2.45, 2.75) is 19.1 Å². The molecule has 2 atom stereocenters. The quantitative estimate of drug-likeness (QED) is 0.769. The topological polar surface area (TPSA) is 55.5 Å². The number of rotatable bonds is 3. The standard InChI is InChI=1S/C10H14FNO2/c1-6(12)10(13)7-3-8(11)5-9(4-7)14-2/h3-6,10,13H,12H2,1-2H3. The molecule has 0 aliphatic heterocycles. The van der Waals surface area contributed by atoms with Crippen LogP contribution < -0.4 is 10.5 Å². The third kappa shape index (κ3) is 2.43. The average Bonchev–Trinajstić information content (AvgIpc) is 2.15. The molecule has 0 saturated carbocycles. The first kappa shape index (κ1) is 10.9. The second-order valence-electron chi connectivity index (χ2n) is 3.23. The maximum atomic E-state index is 13.0. The SMILES string of the molecule is COc1cc(F)cc(C(O)C(C)N)c1. The Morgan fingerprint density at radius 3 is 2.57 bits per heavy atom. The molecule has 0 fully saturated rings. The van der Waals surface area contributed by atoms with Crippen LogP contribution in [0.15, 0.2) is 18.2 Å². The lowest BCUT2D eigenvalue weighted by atomic mass is 10.0. The predicted molar refractivity (Wildman–Crippen MR) is 51.6 cm³/mol. The van der Waals surface area contributed by atoms with Crippen molar-refractivity contribution in [3.63, 3.8) is 0 Å². The van der Waals surface area contributed by atoms with Crippen molar-refractivity contribution in [3.8, 4) is 5.75 Å². The zero-order valence-corrected chi connectivity index (χ0v) is 8.20. The van der Waals surface area contributed by atoms with Gasteiger partial charge in [-0.15, -0.1) is 0 Å². The van der Waals surface area contributed by atoms with Crippen LogP contribution in [0.2, 0.25) is 0 Å². The third-order valence-corrected chi connectivity index (χ3v) is 1.97. The largest absolute Gasteiger partial charge is 0.497 e. The number of halogens is 1. The second-order valence-corrected chi connectivity index (χ2v) is 3.23. The van der Waals surface area contributed by atoms with E-state index in [-0.39, 0.29) is 0 Å². The molecule has 4 heteroatoms. The van der Waals surface area contributed by atoms with Gasteiger partial charge in [-0.1, -0.05) is 0 Å². The van der Waals surface area contributed by atoms with Crippen molar-refractivity contribution in [2.75, 3.05) is 7.11 Å². The summed E-state index contributed by atoms with van der Waals surface area (Å²) in [5.41, 5.74) is 5.92. The van der Waals surface area contributed by atoms with Gasteiger partial charge >= 0.3 is 0 Å². The summed E-state index contributed by atoms with van der Waals surface area (Å²) in [5.74, 6) is -0.0706. The molecule has 0 bridgehead atoms. The van der Waals surface area contributed by atoms with E-state index >= 15 is 0 Å². The first-order valence-corrected chi connectivity index (χ1v) is 4.32. The van der Waals surface area contributed by atoms with E-state index in [1.54, 1.807) is 13.0 Å². The van der Waals surface area contributed by atoms with E-state index in [1.807, 2.05) is 0 Å². The fourth-order valence-corrected chi connectivity index (χ4v) is 1.18. The van der Waals surface area contributed by atoms with Gasteiger partial charge in [-0.25, -0.2) is 4.39 Å². The molecule has 1 rings (SSSR count). The lowest BCUT2D eigenvalue weighted by molar-refractivity contribution is 0.152. The Hall–Kier alpha value is -1.13. The molecule has 0 aliphatic rings. The van der Waals surface area contributed by atoms with Crippen molar-refractivity contribution in [1.29, 1.82) is 0 Å². The monoisotopic (exact) mass is 199 g/mol. The summed E-state index contributed by atoms with van der Waals surface area (Å²) in [4.78, 5) is 0. The molecular weight excluding hydrogens is 185 g/mol. The highest BCUT2D eigenvalue weighted by molar-refractivity contribution is 5.31. The Kier molecular flexibility index (Phi) is 3.43. The highest BCUT2D eigenvalue weighted by Gasteiger charge is 2.14. The van der Waals surface area contributed by atoms with Crippen molar-refractivity contribution < 1.29 is 14.2 Å². The number of aliphatic hydroxyl groups excluding tert-OH is 1. The Morgan fingerprint density at radius 1 is 1.43 bits per heavy atom. The Labute approximate surface area is 82.3 Å². The van der Waals surface area contributed by atoms with E-state index in [1.165, 1.54) is 19.2 Å². The predicted octanol–water partition coefficient (Wildman–Crippen LogP) is 1.21. The summed E-state index contributed by atoms with van der Waals surface area (Å²) in [7, 11) is 1.44. The molecule has 2 unspecified atom stereocenters. The number of benzene rings is 1. The van der Waals surface area contributed by atoms with Crippen LogP contribution in [0.1, 0.15) is 18.6 Å². The van der Waals surface area contributed by atoms with Crippen LogP contribution in [-0.2, 0) is 0 Å². The van der Waals surface area contributed by atoms with Gasteiger partial charge in [-0.3, -0.25) is 0 Å². The molecule has 0 radical (unpaired) electrons. The van der Waals surface area contributed by atoms with Gasteiger partial charge in [0.15, 0.2) is 0 Å². The maximum Gasteiger partial charge on any atom is 0.127 e. The van der Waals surface area contributed by atoms with Crippen LogP contribution in [0.3, 0.4) is 0 Å². The fourth-order valence-electron chi connectivity index (χ4n) is 1.18. The Balaban J connectivity index is 3.02. The summed E-state index contributed by atoms with van der Waals surface area (Å²) in [5, 5.41) is 9.59. The molecule has 0 amide bonds. The number of hydrogen-bond donors (Lipinski definition) is 2. The third-order valence-electron chi connectivity index (χ3n) is 1.97. The fraction of sp³-hybridized carbons (Fsp3) is 0.400. The highest BCUT2D eigenvalue weighted by atomic mass is 19.1. The van der Waals surface area contributed by atoms with Crippen LogP contribution in [0.4, 0.5) is 4.39 Å². The van der Waals surface area contributed by atoms with Gasteiger partial charge in [-0.05, 0) is 24.6 Å².